The summed E-state index contributed by atoms with van der Waals surface area (Å²) in [6.07, 6.45) is 0.919. The Balaban J connectivity index is 1.97. The number of ether oxygens (including phenoxy) is 3. The van der Waals surface area contributed by atoms with Gasteiger partial charge in [0.1, 0.15) is 18.3 Å². The van der Waals surface area contributed by atoms with E-state index in [-0.39, 0.29) is 29.9 Å². The van der Waals surface area contributed by atoms with Crippen molar-refractivity contribution in [2.45, 2.75) is 70.6 Å². The van der Waals surface area contributed by atoms with Crippen molar-refractivity contribution in [3.05, 3.63) is 11.6 Å². The van der Waals surface area contributed by atoms with Crippen LogP contribution in [0.25, 0.3) is 0 Å². The van der Waals surface area contributed by atoms with E-state index in [0.717, 1.165) is 5.57 Å². The number of hydrogen-bond acceptors (Lipinski definition) is 6. The molecular formula is C17H24O6. The van der Waals surface area contributed by atoms with Gasteiger partial charge in [-0.1, -0.05) is 18.6 Å². The Morgan fingerprint density at radius 1 is 1.48 bits per heavy atom. The summed E-state index contributed by atoms with van der Waals surface area (Å²) in [5, 5.41) is 10.2. The predicted octanol–water partition coefficient (Wildman–Crippen LogP) is 1.35. The minimum atomic E-state index is -0.631. The molecule has 0 aromatic rings. The van der Waals surface area contributed by atoms with Gasteiger partial charge in [-0.3, -0.25) is 9.59 Å². The summed E-state index contributed by atoms with van der Waals surface area (Å²) in [4.78, 5) is 23.6. The quantitative estimate of drug-likeness (QED) is 0.445. The van der Waals surface area contributed by atoms with Crippen LogP contribution in [0.15, 0.2) is 11.6 Å². The molecule has 6 heteroatoms. The monoisotopic (exact) mass is 324 g/mol. The van der Waals surface area contributed by atoms with Gasteiger partial charge in [0.25, 0.3) is 0 Å². The third-order valence-corrected chi connectivity index (χ3v) is 5.18. The molecule has 0 aromatic carbocycles. The van der Waals surface area contributed by atoms with E-state index in [1.54, 1.807) is 6.08 Å². The van der Waals surface area contributed by atoms with Crippen molar-refractivity contribution >= 4 is 11.9 Å². The van der Waals surface area contributed by atoms with E-state index in [1.807, 2.05) is 20.8 Å². The van der Waals surface area contributed by atoms with Crippen molar-refractivity contribution in [2.24, 2.45) is 11.8 Å². The number of fused-ring (bicyclic) bond motifs is 3. The van der Waals surface area contributed by atoms with Gasteiger partial charge in [0, 0.05) is 25.7 Å². The van der Waals surface area contributed by atoms with Crippen LogP contribution in [0.1, 0.15) is 40.5 Å². The molecule has 2 saturated heterocycles. The topological polar surface area (TPSA) is 85.4 Å². The van der Waals surface area contributed by atoms with E-state index in [1.165, 1.54) is 6.92 Å². The highest BCUT2D eigenvalue weighted by Crippen LogP contribution is 2.50. The van der Waals surface area contributed by atoms with Crippen molar-refractivity contribution in [3.8, 4) is 0 Å². The Labute approximate surface area is 135 Å². The van der Waals surface area contributed by atoms with Crippen LogP contribution in [0.4, 0.5) is 0 Å². The van der Waals surface area contributed by atoms with E-state index < -0.39 is 23.9 Å². The van der Waals surface area contributed by atoms with E-state index in [4.69, 9.17) is 14.2 Å². The van der Waals surface area contributed by atoms with Crippen LogP contribution in [0.3, 0.4) is 0 Å². The smallest absolute Gasteiger partial charge is 0.309 e. The molecule has 23 heavy (non-hydrogen) atoms. The van der Waals surface area contributed by atoms with Crippen LogP contribution in [0, 0.1) is 11.8 Å². The molecule has 1 aliphatic carbocycles. The van der Waals surface area contributed by atoms with Crippen LogP contribution >= 0.6 is 0 Å². The molecule has 0 amide bonds. The first-order valence-electron chi connectivity index (χ1n) is 8.12. The first kappa shape index (κ1) is 16.5. The van der Waals surface area contributed by atoms with Crippen molar-refractivity contribution in [3.63, 3.8) is 0 Å². The molecule has 6 nitrogen and oxygen atoms in total. The average Bonchev–Trinajstić information content (AvgIpc) is 2.96. The fraction of sp³-hybridized carbons (Fsp3) is 0.765. The lowest BCUT2D eigenvalue weighted by atomic mass is 9.79. The number of esters is 2. The summed E-state index contributed by atoms with van der Waals surface area (Å²) in [6.45, 7) is 6.98. The third kappa shape index (κ3) is 3.02. The maximum atomic E-state index is 12.1. The Morgan fingerprint density at radius 3 is 2.83 bits per heavy atom. The molecule has 0 aromatic heterocycles. The summed E-state index contributed by atoms with van der Waals surface area (Å²) in [7, 11) is 0. The molecule has 0 spiro atoms. The van der Waals surface area contributed by atoms with Crippen LogP contribution in [-0.4, -0.2) is 47.1 Å². The van der Waals surface area contributed by atoms with Gasteiger partial charge in [0.2, 0.25) is 0 Å². The normalized spacial score (nSPS) is 46.1. The van der Waals surface area contributed by atoms with Crippen molar-refractivity contribution in [1.82, 2.24) is 0 Å². The Hall–Kier alpha value is -1.40. The van der Waals surface area contributed by atoms with Crippen LogP contribution in [0.2, 0.25) is 0 Å². The van der Waals surface area contributed by atoms with Crippen molar-refractivity contribution in [1.29, 1.82) is 0 Å². The Bertz CT molecular complexity index is 555. The van der Waals surface area contributed by atoms with E-state index in [2.05, 4.69) is 0 Å². The SMILES string of the molecule is CC(=O)OC1CC(C)=CC(O)CC2(C)OC2C2OC(=O)C(C)C12. The zero-order chi connectivity index (χ0) is 16.9. The van der Waals surface area contributed by atoms with Gasteiger partial charge in [-0.05, 0) is 13.8 Å². The molecule has 1 N–H and O–H groups in total. The largest absolute Gasteiger partial charge is 0.462 e. The number of carbonyl (C=O) groups excluding carboxylic acids is 2. The van der Waals surface area contributed by atoms with Gasteiger partial charge in [-0.25, -0.2) is 0 Å². The molecule has 0 bridgehead atoms. The number of hydrogen-bond donors (Lipinski definition) is 1. The molecular weight excluding hydrogens is 300 g/mol. The number of aliphatic hydroxyl groups excluding tert-OH is 1. The molecule has 2 aliphatic heterocycles. The van der Waals surface area contributed by atoms with Crippen molar-refractivity contribution < 1.29 is 28.9 Å². The highest BCUT2D eigenvalue weighted by Gasteiger charge is 2.64. The predicted molar refractivity (Wildman–Crippen MR) is 80.4 cm³/mol. The van der Waals surface area contributed by atoms with Gasteiger partial charge < -0.3 is 19.3 Å². The van der Waals surface area contributed by atoms with Crippen LogP contribution < -0.4 is 0 Å². The first-order chi connectivity index (χ1) is 10.7. The Morgan fingerprint density at radius 2 is 2.17 bits per heavy atom. The standard InChI is InChI=1S/C17H24O6/c1-8-5-11(19)7-17(4)15(23-17)14-13(9(2)16(20)22-14)12(6-8)21-10(3)18/h5,9,11-15,19H,6-7H2,1-4H3. The fourth-order valence-electron chi connectivity index (χ4n) is 4.05. The minimum Gasteiger partial charge on any atom is -0.462 e. The maximum Gasteiger partial charge on any atom is 0.309 e. The minimum absolute atomic E-state index is 0.239. The number of rotatable bonds is 1. The lowest BCUT2D eigenvalue weighted by Crippen LogP contribution is -2.40. The molecule has 2 fully saturated rings. The number of aliphatic hydroxyl groups is 1. The summed E-state index contributed by atoms with van der Waals surface area (Å²) in [6, 6.07) is 0. The second kappa shape index (κ2) is 5.60. The van der Waals surface area contributed by atoms with Crippen LogP contribution in [-0.2, 0) is 23.8 Å². The fourth-order valence-corrected chi connectivity index (χ4v) is 4.05. The second-order valence-corrected chi connectivity index (χ2v) is 7.26. The van der Waals surface area contributed by atoms with Gasteiger partial charge >= 0.3 is 11.9 Å². The highest BCUT2D eigenvalue weighted by atomic mass is 16.7. The summed E-state index contributed by atoms with van der Waals surface area (Å²) < 4.78 is 16.9. The first-order valence-corrected chi connectivity index (χ1v) is 8.12. The molecule has 3 aliphatic rings. The molecule has 7 unspecified atom stereocenters. The van der Waals surface area contributed by atoms with Gasteiger partial charge in [-0.15, -0.1) is 0 Å². The summed E-state index contributed by atoms with van der Waals surface area (Å²) in [5.41, 5.74) is 0.415. The van der Waals surface area contributed by atoms with Crippen molar-refractivity contribution in [2.75, 3.05) is 0 Å². The zero-order valence-electron chi connectivity index (χ0n) is 13.9. The van der Waals surface area contributed by atoms with E-state index in [0.29, 0.717) is 12.8 Å². The zero-order valence-corrected chi connectivity index (χ0v) is 13.9. The average molecular weight is 324 g/mol. The van der Waals surface area contributed by atoms with E-state index >= 15 is 0 Å². The molecule has 128 valence electrons. The Kier molecular flexibility index (Phi) is 4.01. The van der Waals surface area contributed by atoms with Crippen LogP contribution in [0.5, 0.6) is 0 Å². The lowest BCUT2D eigenvalue weighted by Gasteiger charge is -2.29. The molecule has 2 heterocycles. The number of epoxide rings is 1. The maximum absolute atomic E-state index is 12.1. The second-order valence-electron chi connectivity index (χ2n) is 7.26. The summed E-state index contributed by atoms with van der Waals surface area (Å²) in [5.74, 6) is -1.26. The highest BCUT2D eigenvalue weighted by molar-refractivity contribution is 5.75. The lowest BCUT2D eigenvalue weighted by molar-refractivity contribution is -0.151. The third-order valence-electron chi connectivity index (χ3n) is 5.18. The van der Waals surface area contributed by atoms with E-state index in [9.17, 15) is 14.7 Å². The van der Waals surface area contributed by atoms with Gasteiger partial charge in [0.05, 0.1) is 17.6 Å². The molecule has 0 radical (unpaired) electrons. The molecule has 0 saturated carbocycles. The van der Waals surface area contributed by atoms with Gasteiger partial charge in [-0.2, -0.15) is 0 Å². The number of carbonyl (C=O) groups is 2. The summed E-state index contributed by atoms with van der Waals surface area (Å²) >= 11 is 0. The molecule has 3 rings (SSSR count). The molecule has 7 atom stereocenters. The van der Waals surface area contributed by atoms with Gasteiger partial charge in [0.15, 0.2) is 0 Å².